The zero-order valence-corrected chi connectivity index (χ0v) is 10.1. The van der Waals surface area contributed by atoms with E-state index in [0.717, 1.165) is 28.4 Å². The van der Waals surface area contributed by atoms with Crippen LogP contribution in [0.25, 0.3) is 0 Å². The van der Waals surface area contributed by atoms with Gasteiger partial charge in [0.05, 0.1) is 18.5 Å². The maximum Gasteiger partial charge on any atom is 0.123 e. The number of nitrogen functional groups attached to an aromatic ring is 1. The van der Waals surface area contributed by atoms with E-state index < -0.39 is 0 Å². The van der Waals surface area contributed by atoms with Gasteiger partial charge in [-0.25, -0.2) is 0 Å². The third-order valence-electron chi connectivity index (χ3n) is 3.09. The Balaban J connectivity index is 1.84. The van der Waals surface area contributed by atoms with E-state index in [1.807, 2.05) is 42.5 Å². The number of anilines is 3. The molecule has 0 aromatic heterocycles. The molecule has 0 fully saturated rings. The van der Waals surface area contributed by atoms with Crippen LogP contribution in [0.2, 0.25) is 0 Å². The summed E-state index contributed by atoms with van der Waals surface area (Å²) < 4.78 is 5.15. The van der Waals surface area contributed by atoms with Crippen molar-refractivity contribution in [1.82, 2.24) is 0 Å². The summed E-state index contributed by atoms with van der Waals surface area (Å²) in [5.74, 6) is 0.860. The molecule has 0 aliphatic carbocycles. The lowest BCUT2D eigenvalue weighted by Crippen LogP contribution is -2.11. The number of hydrogen-bond acceptors (Lipinski definition) is 4. The van der Waals surface area contributed by atoms with E-state index in [1.165, 1.54) is 0 Å². The van der Waals surface area contributed by atoms with Gasteiger partial charge in [0.25, 0.3) is 0 Å². The second kappa shape index (κ2) is 4.14. The van der Waals surface area contributed by atoms with Gasteiger partial charge in [0.15, 0.2) is 0 Å². The van der Waals surface area contributed by atoms with Crippen molar-refractivity contribution in [3.63, 3.8) is 0 Å². The monoisotopic (exact) mass is 241 g/mol. The third kappa shape index (κ3) is 1.82. The Bertz CT molecular complexity index is 566. The predicted octanol–water partition coefficient (Wildman–Crippen LogP) is 2.81. The summed E-state index contributed by atoms with van der Waals surface area (Å²) in [7, 11) is 1.67. The molecule has 0 spiro atoms. The van der Waals surface area contributed by atoms with E-state index in [4.69, 9.17) is 10.5 Å². The minimum atomic E-state index is 0.0766. The highest BCUT2D eigenvalue weighted by molar-refractivity contribution is 5.78. The lowest BCUT2D eigenvalue weighted by molar-refractivity contribution is 0.414. The van der Waals surface area contributed by atoms with Gasteiger partial charge in [0.1, 0.15) is 11.9 Å². The van der Waals surface area contributed by atoms with Crippen LogP contribution >= 0.6 is 0 Å². The van der Waals surface area contributed by atoms with Gasteiger partial charge in [-0.1, -0.05) is 12.1 Å². The molecule has 4 nitrogen and oxygen atoms in total. The molecule has 1 atom stereocenters. The second-order valence-corrected chi connectivity index (χ2v) is 4.30. The largest absolute Gasteiger partial charge is 0.497 e. The predicted molar refractivity (Wildman–Crippen MR) is 73.8 cm³/mol. The van der Waals surface area contributed by atoms with Crippen molar-refractivity contribution in [2.45, 2.75) is 6.17 Å². The van der Waals surface area contributed by atoms with Gasteiger partial charge in [-0.05, 0) is 35.9 Å². The second-order valence-electron chi connectivity index (χ2n) is 4.30. The SMILES string of the molecule is COc1ccc(C2Nc3ccc(N)cc3N2)cc1. The van der Waals surface area contributed by atoms with E-state index in [0.29, 0.717) is 0 Å². The minimum absolute atomic E-state index is 0.0766. The molecule has 0 bridgehead atoms. The number of nitrogens with one attached hydrogen (secondary N) is 2. The van der Waals surface area contributed by atoms with E-state index in [9.17, 15) is 0 Å². The third-order valence-corrected chi connectivity index (χ3v) is 3.09. The molecule has 2 aromatic rings. The normalized spacial score (nSPS) is 16.6. The van der Waals surface area contributed by atoms with Crippen LogP contribution in [0.4, 0.5) is 17.1 Å². The standard InChI is InChI=1S/C14H15N3O/c1-18-11-5-2-9(3-6-11)14-16-12-7-4-10(15)8-13(12)17-14/h2-8,14,16-17H,15H2,1H3. The van der Waals surface area contributed by atoms with Crippen molar-refractivity contribution in [2.24, 2.45) is 0 Å². The fraction of sp³-hybridized carbons (Fsp3) is 0.143. The van der Waals surface area contributed by atoms with Gasteiger partial charge in [-0.15, -0.1) is 0 Å². The molecule has 1 aliphatic rings. The van der Waals surface area contributed by atoms with Crippen molar-refractivity contribution in [2.75, 3.05) is 23.5 Å². The van der Waals surface area contributed by atoms with Crippen LogP contribution in [0.5, 0.6) is 5.75 Å². The summed E-state index contributed by atoms with van der Waals surface area (Å²) >= 11 is 0. The Hall–Kier alpha value is -2.36. The first-order valence-electron chi connectivity index (χ1n) is 5.83. The van der Waals surface area contributed by atoms with E-state index in [1.54, 1.807) is 7.11 Å². The lowest BCUT2D eigenvalue weighted by Gasteiger charge is -2.13. The van der Waals surface area contributed by atoms with Gasteiger partial charge < -0.3 is 21.1 Å². The van der Waals surface area contributed by atoms with Gasteiger partial charge in [-0.3, -0.25) is 0 Å². The van der Waals surface area contributed by atoms with Crippen LogP contribution in [0.1, 0.15) is 11.7 Å². The summed E-state index contributed by atoms with van der Waals surface area (Å²) in [6.45, 7) is 0. The molecule has 1 heterocycles. The molecule has 4 N–H and O–H groups in total. The summed E-state index contributed by atoms with van der Waals surface area (Å²) in [5.41, 5.74) is 9.80. The minimum Gasteiger partial charge on any atom is -0.497 e. The highest BCUT2D eigenvalue weighted by atomic mass is 16.5. The smallest absolute Gasteiger partial charge is 0.123 e. The molecule has 0 saturated carbocycles. The van der Waals surface area contributed by atoms with Crippen LogP contribution in [0, 0.1) is 0 Å². The lowest BCUT2D eigenvalue weighted by atomic mass is 10.2. The van der Waals surface area contributed by atoms with Crippen LogP contribution in [-0.4, -0.2) is 7.11 Å². The molecule has 92 valence electrons. The van der Waals surface area contributed by atoms with Crippen LogP contribution in [0.3, 0.4) is 0 Å². The fourth-order valence-corrected chi connectivity index (χ4v) is 2.12. The average molecular weight is 241 g/mol. The zero-order valence-electron chi connectivity index (χ0n) is 10.1. The van der Waals surface area contributed by atoms with Crippen LogP contribution in [0.15, 0.2) is 42.5 Å². The Morgan fingerprint density at radius 2 is 1.72 bits per heavy atom. The van der Waals surface area contributed by atoms with Crippen molar-refractivity contribution in [1.29, 1.82) is 0 Å². The molecule has 3 rings (SSSR count). The summed E-state index contributed by atoms with van der Waals surface area (Å²) in [6.07, 6.45) is 0.0766. The molecule has 4 heteroatoms. The highest BCUT2D eigenvalue weighted by Crippen LogP contribution is 2.36. The quantitative estimate of drug-likeness (QED) is 0.708. The molecule has 2 aromatic carbocycles. The molecule has 0 amide bonds. The van der Waals surface area contributed by atoms with Crippen molar-refractivity contribution in [3.05, 3.63) is 48.0 Å². The van der Waals surface area contributed by atoms with Crippen molar-refractivity contribution in [3.8, 4) is 5.75 Å². The highest BCUT2D eigenvalue weighted by Gasteiger charge is 2.20. The number of rotatable bonds is 2. The van der Waals surface area contributed by atoms with E-state index in [-0.39, 0.29) is 6.17 Å². The topological polar surface area (TPSA) is 59.3 Å². The summed E-state index contributed by atoms with van der Waals surface area (Å²) in [5, 5.41) is 6.81. The maximum absolute atomic E-state index is 5.77. The first-order chi connectivity index (χ1) is 8.76. The molecule has 0 saturated heterocycles. The summed E-state index contributed by atoms with van der Waals surface area (Å²) in [4.78, 5) is 0. The van der Waals surface area contributed by atoms with Gasteiger partial charge in [-0.2, -0.15) is 0 Å². The van der Waals surface area contributed by atoms with E-state index in [2.05, 4.69) is 10.6 Å². The number of fused-ring (bicyclic) bond motifs is 1. The van der Waals surface area contributed by atoms with Crippen molar-refractivity contribution >= 4 is 17.1 Å². The maximum atomic E-state index is 5.77. The number of nitrogens with two attached hydrogens (primary N) is 1. The first kappa shape index (κ1) is 10.8. The fourth-order valence-electron chi connectivity index (χ4n) is 2.12. The molecule has 1 aliphatic heterocycles. The molecular weight excluding hydrogens is 226 g/mol. The van der Waals surface area contributed by atoms with Gasteiger partial charge >= 0.3 is 0 Å². The molecule has 1 unspecified atom stereocenters. The number of hydrogen-bond donors (Lipinski definition) is 3. The van der Waals surface area contributed by atoms with Crippen molar-refractivity contribution < 1.29 is 4.74 Å². The van der Waals surface area contributed by atoms with Crippen LogP contribution in [-0.2, 0) is 0 Å². The average Bonchev–Trinajstić information content (AvgIpc) is 2.81. The molecule has 0 radical (unpaired) electrons. The Kier molecular flexibility index (Phi) is 2.48. The Morgan fingerprint density at radius 3 is 2.44 bits per heavy atom. The Labute approximate surface area is 106 Å². The van der Waals surface area contributed by atoms with Crippen LogP contribution < -0.4 is 21.1 Å². The molecule has 18 heavy (non-hydrogen) atoms. The first-order valence-corrected chi connectivity index (χ1v) is 5.83. The van der Waals surface area contributed by atoms with E-state index >= 15 is 0 Å². The number of ether oxygens (including phenoxy) is 1. The van der Waals surface area contributed by atoms with Gasteiger partial charge in [0.2, 0.25) is 0 Å². The molecular formula is C14H15N3O. The van der Waals surface area contributed by atoms with Gasteiger partial charge in [0, 0.05) is 5.69 Å². The number of benzene rings is 2. The number of methoxy groups -OCH3 is 1. The zero-order chi connectivity index (χ0) is 12.5. The summed E-state index contributed by atoms with van der Waals surface area (Å²) in [6, 6.07) is 13.8. The Morgan fingerprint density at radius 1 is 1.00 bits per heavy atom.